The monoisotopic (exact) mass is 352 g/mol. The lowest BCUT2D eigenvalue weighted by Gasteiger charge is -2.03. The molecule has 0 amide bonds. The molecule has 0 bridgehead atoms. The molecule has 0 heterocycles. The van der Waals surface area contributed by atoms with Crippen LogP contribution in [-0.4, -0.2) is 12.6 Å². The second kappa shape index (κ2) is 7.36. The van der Waals surface area contributed by atoms with E-state index in [9.17, 15) is 4.79 Å². The van der Waals surface area contributed by atoms with Gasteiger partial charge in [0.05, 0.1) is 6.61 Å². The van der Waals surface area contributed by atoms with E-state index in [1.807, 2.05) is 36.4 Å². The summed E-state index contributed by atoms with van der Waals surface area (Å²) >= 11 is 3.15. The lowest BCUT2D eigenvalue weighted by Crippen LogP contribution is -1.98. The number of hydrogen-bond donors (Lipinski definition) is 0. The number of halogens is 1. The van der Waals surface area contributed by atoms with Crippen molar-refractivity contribution in [1.82, 2.24) is 0 Å². The summed E-state index contributed by atoms with van der Waals surface area (Å²) in [6.07, 6.45) is 3.18. The summed E-state index contributed by atoms with van der Waals surface area (Å²) in [7, 11) is 1.13. The predicted octanol–water partition coefficient (Wildman–Crippen LogP) is 4.75. The normalized spacial score (nSPS) is 10.9. The fourth-order valence-corrected chi connectivity index (χ4v) is 2.42. The molecular formula is C15H13BrO3S. The van der Waals surface area contributed by atoms with E-state index in [1.54, 1.807) is 13.0 Å². The summed E-state index contributed by atoms with van der Waals surface area (Å²) in [6, 6.07) is 11.8. The van der Waals surface area contributed by atoms with E-state index >= 15 is 0 Å². The van der Waals surface area contributed by atoms with Gasteiger partial charge in [0.1, 0.15) is 16.2 Å². The van der Waals surface area contributed by atoms with Gasteiger partial charge in [0.2, 0.25) is 0 Å². The van der Waals surface area contributed by atoms with Crippen LogP contribution in [0.3, 0.4) is 0 Å². The Kier molecular flexibility index (Phi) is 5.49. The van der Waals surface area contributed by atoms with Gasteiger partial charge >= 0.3 is 5.97 Å². The highest BCUT2D eigenvalue weighted by Crippen LogP contribution is 2.26. The van der Waals surface area contributed by atoms with Crippen LogP contribution in [0.15, 0.2) is 42.5 Å². The fourth-order valence-electron chi connectivity index (χ4n) is 1.79. The van der Waals surface area contributed by atoms with Gasteiger partial charge in [0.25, 0.3) is 0 Å². The van der Waals surface area contributed by atoms with Crippen molar-refractivity contribution in [2.45, 2.75) is 6.92 Å². The van der Waals surface area contributed by atoms with Crippen molar-refractivity contribution in [3.63, 3.8) is 0 Å². The number of hydrogen-bond acceptors (Lipinski definition) is 4. The molecule has 0 spiro atoms. The summed E-state index contributed by atoms with van der Waals surface area (Å²) in [5.41, 5.74) is 0.953. The number of benzene rings is 2. The maximum atomic E-state index is 11.3. The highest BCUT2D eigenvalue weighted by Gasteiger charge is 1.99. The van der Waals surface area contributed by atoms with Crippen molar-refractivity contribution in [1.29, 1.82) is 0 Å². The van der Waals surface area contributed by atoms with Crippen LogP contribution in [0.4, 0.5) is 0 Å². The standard InChI is InChI=1S/C15H13BrO3S/c1-2-18-15(17)8-4-11-3-5-13-10-14(19-20-16)7-6-12(13)9-11/h3-10H,2H2,1H3/b8-4+. The van der Waals surface area contributed by atoms with Crippen molar-refractivity contribution in [2.75, 3.05) is 6.61 Å². The summed E-state index contributed by atoms with van der Waals surface area (Å²) in [5.74, 6) is 0.458. The van der Waals surface area contributed by atoms with Crippen LogP contribution in [0, 0.1) is 0 Å². The van der Waals surface area contributed by atoms with Crippen LogP contribution >= 0.6 is 25.3 Å². The predicted molar refractivity (Wildman–Crippen MR) is 86.8 cm³/mol. The van der Waals surface area contributed by atoms with E-state index < -0.39 is 0 Å². The highest BCUT2D eigenvalue weighted by atomic mass is 79.9. The van der Waals surface area contributed by atoms with Crippen molar-refractivity contribution in [3.8, 4) is 5.75 Å². The molecule has 0 aliphatic rings. The summed E-state index contributed by atoms with van der Waals surface area (Å²) in [6.45, 7) is 2.17. The maximum Gasteiger partial charge on any atom is 0.330 e. The van der Waals surface area contributed by atoms with E-state index in [4.69, 9.17) is 8.92 Å². The van der Waals surface area contributed by atoms with Gasteiger partial charge in [-0.3, -0.25) is 0 Å². The summed E-state index contributed by atoms with van der Waals surface area (Å²) in [4.78, 5) is 11.3. The van der Waals surface area contributed by atoms with Gasteiger partial charge in [-0.05, 0) is 47.5 Å². The second-order valence-corrected chi connectivity index (χ2v) is 5.09. The van der Waals surface area contributed by atoms with E-state index in [1.165, 1.54) is 6.08 Å². The molecule has 0 aromatic heterocycles. The molecule has 3 nitrogen and oxygen atoms in total. The van der Waals surface area contributed by atoms with Crippen molar-refractivity contribution in [2.24, 2.45) is 0 Å². The molecule has 0 fully saturated rings. The zero-order valence-electron chi connectivity index (χ0n) is 10.8. The first-order valence-corrected chi connectivity index (χ1v) is 8.65. The second-order valence-electron chi connectivity index (χ2n) is 4.00. The molecule has 0 saturated heterocycles. The molecule has 0 aliphatic carbocycles. The quantitative estimate of drug-likeness (QED) is 0.441. The van der Waals surface area contributed by atoms with Gasteiger partial charge < -0.3 is 8.92 Å². The number of carbonyl (C=O) groups excluding carboxylic acids is 1. The average Bonchev–Trinajstić information content (AvgIpc) is 2.46. The molecule has 0 unspecified atom stereocenters. The van der Waals surface area contributed by atoms with Gasteiger partial charge in [-0.15, -0.1) is 0 Å². The van der Waals surface area contributed by atoms with Crippen molar-refractivity contribution in [3.05, 3.63) is 48.0 Å². The summed E-state index contributed by atoms with van der Waals surface area (Å²) < 4.78 is 10.2. The molecule has 0 radical (unpaired) electrons. The Balaban J connectivity index is 2.21. The first kappa shape index (κ1) is 14.9. The van der Waals surface area contributed by atoms with Crippen LogP contribution in [0.25, 0.3) is 16.8 Å². The van der Waals surface area contributed by atoms with Crippen molar-refractivity contribution < 1.29 is 13.7 Å². The Labute approximate surface area is 129 Å². The molecule has 5 heteroatoms. The minimum absolute atomic E-state index is 0.328. The molecular weight excluding hydrogens is 340 g/mol. The number of rotatable bonds is 5. The molecule has 104 valence electrons. The summed E-state index contributed by atoms with van der Waals surface area (Å²) in [5, 5.41) is 2.17. The van der Waals surface area contributed by atoms with Crippen molar-refractivity contribution >= 4 is 48.1 Å². The first-order chi connectivity index (χ1) is 9.72. The minimum atomic E-state index is -0.328. The molecule has 2 aromatic rings. The lowest BCUT2D eigenvalue weighted by atomic mass is 10.1. The van der Waals surface area contributed by atoms with Crippen LogP contribution in [0.1, 0.15) is 12.5 Å². The molecule has 2 rings (SSSR count). The van der Waals surface area contributed by atoms with Gasteiger partial charge in [-0.2, -0.15) is 0 Å². The number of fused-ring (bicyclic) bond motifs is 1. The third-order valence-corrected chi connectivity index (χ3v) is 3.31. The van der Waals surface area contributed by atoms with E-state index in [-0.39, 0.29) is 5.97 Å². The van der Waals surface area contributed by atoms with Crippen LogP contribution in [0.5, 0.6) is 5.75 Å². The minimum Gasteiger partial charge on any atom is -0.463 e. The molecule has 0 atom stereocenters. The maximum absolute atomic E-state index is 11.3. The van der Waals surface area contributed by atoms with Crippen LogP contribution in [-0.2, 0) is 9.53 Å². The lowest BCUT2D eigenvalue weighted by molar-refractivity contribution is -0.137. The van der Waals surface area contributed by atoms with Crippen LogP contribution < -0.4 is 4.18 Å². The average molecular weight is 353 g/mol. The third-order valence-electron chi connectivity index (χ3n) is 2.66. The molecule has 0 saturated carbocycles. The zero-order valence-corrected chi connectivity index (χ0v) is 13.2. The number of carbonyl (C=O) groups is 1. The Bertz CT molecular complexity index is 640. The van der Waals surface area contributed by atoms with E-state index in [0.717, 1.165) is 32.6 Å². The van der Waals surface area contributed by atoms with Crippen LogP contribution in [0.2, 0.25) is 0 Å². The molecule has 0 N–H and O–H groups in total. The first-order valence-electron chi connectivity index (χ1n) is 6.07. The molecule has 0 aliphatic heterocycles. The van der Waals surface area contributed by atoms with E-state index in [2.05, 4.69) is 14.8 Å². The molecule has 2 aromatic carbocycles. The largest absolute Gasteiger partial charge is 0.463 e. The van der Waals surface area contributed by atoms with Gasteiger partial charge in [0, 0.05) is 20.9 Å². The SMILES string of the molecule is CCOC(=O)/C=C/c1ccc2cc(OSBr)ccc2c1. The Morgan fingerprint density at radius 1 is 1.25 bits per heavy atom. The zero-order chi connectivity index (χ0) is 14.4. The Morgan fingerprint density at radius 2 is 2.00 bits per heavy atom. The smallest absolute Gasteiger partial charge is 0.330 e. The number of ether oxygens (including phenoxy) is 1. The van der Waals surface area contributed by atoms with Gasteiger partial charge in [-0.1, -0.05) is 18.2 Å². The Morgan fingerprint density at radius 3 is 2.75 bits per heavy atom. The fraction of sp³-hybridized carbons (Fsp3) is 0.133. The highest BCUT2D eigenvalue weighted by molar-refractivity contribution is 9.49. The number of esters is 1. The topological polar surface area (TPSA) is 35.5 Å². The molecule has 20 heavy (non-hydrogen) atoms. The Hall–Kier alpha value is -1.46. The van der Waals surface area contributed by atoms with Gasteiger partial charge in [0.15, 0.2) is 0 Å². The third kappa shape index (κ3) is 4.02. The van der Waals surface area contributed by atoms with Gasteiger partial charge in [-0.25, -0.2) is 4.79 Å². The van der Waals surface area contributed by atoms with E-state index in [0.29, 0.717) is 6.61 Å².